The van der Waals surface area contributed by atoms with E-state index in [1.54, 1.807) is 20.0 Å². The number of nitrogens with zero attached hydrogens (tertiary/aromatic N) is 1. The van der Waals surface area contributed by atoms with Gasteiger partial charge in [0.25, 0.3) is 0 Å². The maximum atomic E-state index is 13.0. The Morgan fingerprint density at radius 3 is 2.09 bits per heavy atom. The second-order valence-electron chi connectivity index (χ2n) is 8.14. The average Bonchev–Trinajstić information content (AvgIpc) is 3.29. The molecular formula is C21H36N6O5S2. The third-order valence-electron chi connectivity index (χ3n) is 5.05. The first kappa shape index (κ1) is 29.8. The number of aromatic nitrogens is 2. The van der Waals surface area contributed by atoms with Crippen LogP contribution in [-0.2, 0) is 25.6 Å². The number of carboxylic acid groups (broad SMARTS) is 1. The Morgan fingerprint density at radius 1 is 1.00 bits per heavy atom. The van der Waals surface area contributed by atoms with E-state index in [1.165, 1.54) is 29.9 Å². The van der Waals surface area contributed by atoms with Crippen LogP contribution in [0.3, 0.4) is 0 Å². The molecule has 0 bridgehead atoms. The fourth-order valence-electron chi connectivity index (χ4n) is 3.05. The normalized spacial score (nSPS) is 14.6. The molecule has 1 rings (SSSR count). The number of amides is 3. The van der Waals surface area contributed by atoms with E-state index in [2.05, 4.69) is 25.9 Å². The van der Waals surface area contributed by atoms with Crippen molar-refractivity contribution in [2.45, 2.75) is 57.3 Å². The van der Waals surface area contributed by atoms with E-state index in [4.69, 9.17) is 5.73 Å². The molecule has 0 radical (unpaired) electrons. The maximum absolute atomic E-state index is 13.0. The predicted octanol–water partition coefficient (Wildman–Crippen LogP) is -0.0193. The molecule has 4 atom stereocenters. The van der Waals surface area contributed by atoms with E-state index in [0.717, 1.165) is 0 Å². The zero-order valence-corrected chi connectivity index (χ0v) is 21.6. The first-order valence-electron chi connectivity index (χ1n) is 10.9. The van der Waals surface area contributed by atoms with Crippen molar-refractivity contribution in [2.24, 2.45) is 11.7 Å². The summed E-state index contributed by atoms with van der Waals surface area (Å²) in [6.07, 6.45) is 7.62. The average molecular weight is 517 g/mol. The minimum atomic E-state index is -1.13. The van der Waals surface area contributed by atoms with Crippen molar-refractivity contribution in [3.05, 3.63) is 18.2 Å². The molecule has 3 amide bonds. The number of aliphatic carboxylic acids is 1. The quantitative estimate of drug-likeness (QED) is 0.176. The van der Waals surface area contributed by atoms with E-state index < -0.39 is 47.9 Å². The highest BCUT2D eigenvalue weighted by Gasteiger charge is 2.31. The molecule has 0 aromatic carbocycles. The molecule has 1 aromatic heterocycles. The Morgan fingerprint density at radius 2 is 1.59 bits per heavy atom. The van der Waals surface area contributed by atoms with E-state index in [9.17, 15) is 24.3 Å². The fourth-order valence-corrected chi connectivity index (χ4v) is 4.00. The number of thioether (sulfide) groups is 2. The number of H-pyrrole nitrogens is 1. The number of hydrogen-bond donors (Lipinski definition) is 6. The third-order valence-corrected chi connectivity index (χ3v) is 6.34. The Balaban J connectivity index is 2.86. The van der Waals surface area contributed by atoms with Crippen LogP contribution in [-0.4, -0.2) is 86.9 Å². The van der Waals surface area contributed by atoms with Crippen LogP contribution in [0.15, 0.2) is 12.5 Å². The van der Waals surface area contributed by atoms with Gasteiger partial charge in [-0.2, -0.15) is 23.5 Å². The largest absolute Gasteiger partial charge is 0.480 e. The number of rotatable bonds is 16. The molecule has 192 valence electrons. The Hall–Kier alpha value is -2.25. The van der Waals surface area contributed by atoms with Crippen molar-refractivity contribution in [1.29, 1.82) is 0 Å². The number of carbonyl (C=O) groups is 4. The van der Waals surface area contributed by atoms with E-state index in [-0.39, 0.29) is 18.8 Å². The van der Waals surface area contributed by atoms with Crippen molar-refractivity contribution in [3.8, 4) is 0 Å². The van der Waals surface area contributed by atoms with Crippen LogP contribution in [0.5, 0.6) is 0 Å². The lowest BCUT2D eigenvalue weighted by Crippen LogP contribution is -2.58. The molecule has 0 saturated heterocycles. The van der Waals surface area contributed by atoms with Gasteiger partial charge in [-0.05, 0) is 42.8 Å². The number of aromatic amines is 1. The summed E-state index contributed by atoms with van der Waals surface area (Å²) in [5, 5.41) is 17.3. The molecule has 1 heterocycles. The second-order valence-corrected chi connectivity index (χ2v) is 10.1. The van der Waals surface area contributed by atoms with Crippen molar-refractivity contribution in [3.63, 3.8) is 0 Å². The molecular weight excluding hydrogens is 480 g/mol. The van der Waals surface area contributed by atoms with Gasteiger partial charge in [0.15, 0.2) is 0 Å². The van der Waals surface area contributed by atoms with Gasteiger partial charge in [-0.3, -0.25) is 14.4 Å². The summed E-state index contributed by atoms with van der Waals surface area (Å²) in [6, 6.07) is -3.79. The molecule has 7 N–H and O–H groups in total. The van der Waals surface area contributed by atoms with Gasteiger partial charge in [0, 0.05) is 18.3 Å². The van der Waals surface area contributed by atoms with Gasteiger partial charge in [-0.15, -0.1) is 0 Å². The van der Waals surface area contributed by atoms with Crippen LogP contribution in [0.4, 0.5) is 0 Å². The zero-order chi connectivity index (χ0) is 25.7. The van der Waals surface area contributed by atoms with Crippen LogP contribution in [0.2, 0.25) is 0 Å². The molecule has 0 aliphatic heterocycles. The smallest absolute Gasteiger partial charge is 0.326 e. The third kappa shape index (κ3) is 10.3. The van der Waals surface area contributed by atoms with E-state index >= 15 is 0 Å². The first-order chi connectivity index (χ1) is 16.1. The minimum absolute atomic E-state index is 0.229. The lowest BCUT2D eigenvalue weighted by molar-refractivity contribution is -0.142. The molecule has 4 unspecified atom stereocenters. The maximum Gasteiger partial charge on any atom is 0.326 e. The molecule has 0 aliphatic carbocycles. The Bertz CT molecular complexity index is 793. The molecule has 34 heavy (non-hydrogen) atoms. The number of nitrogens with two attached hydrogens (primary N) is 1. The van der Waals surface area contributed by atoms with Crippen LogP contribution in [0.1, 0.15) is 32.4 Å². The van der Waals surface area contributed by atoms with Crippen molar-refractivity contribution in [2.75, 3.05) is 24.0 Å². The summed E-state index contributed by atoms with van der Waals surface area (Å²) in [6.45, 7) is 3.50. The van der Waals surface area contributed by atoms with Crippen LogP contribution < -0.4 is 21.7 Å². The first-order valence-corrected chi connectivity index (χ1v) is 13.7. The zero-order valence-electron chi connectivity index (χ0n) is 20.0. The summed E-state index contributed by atoms with van der Waals surface area (Å²) in [7, 11) is 0. The molecule has 0 saturated carbocycles. The summed E-state index contributed by atoms with van der Waals surface area (Å²) in [5.41, 5.74) is 6.68. The van der Waals surface area contributed by atoms with Gasteiger partial charge in [0.1, 0.15) is 18.1 Å². The van der Waals surface area contributed by atoms with Gasteiger partial charge in [0.2, 0.25) is 17.7 Å². The van der Waals surface area contributed by atoms with Gasteiger partial charge < -0.3 is 31.8 Å². The van der Waals surface area contributed by atoms with Gasteiger partial charge in [-0.25, -0.2) is 9.78 Å². The summed E-state index contributed by atoms with van der Waals surface area (Å²) < 4.78 is 0. The highest BCUT2D eigenvalue weighted by atomic mass is 32.2. The summed E-state index contributed by atoms with van der Waals surface area (Å²) in [4.78, 5) is 56.8. The lowest BCUT2D eigenvalue weighted by Gasteiger charge is -2.27. The minimum Gasteiger partial charge on any atom is -0.480 e. The van der Waals surface area contributed by atoms with Crippen LogP contribution in [0.25, 0.3) is 0 Å². The predicted molar refractivity (Wildman–Crippen MR) is 135 cm³/mol. The number of carbonyl (C=O) groups excluding carboxylic acids is 3. The second kappa shape index (κ2) is 15.6. The highest BCUT2D eigenvalue weighted by molar-refractivity contribution is 7.98. The number of nitrogens with one attached hydrogen (secondary N) is 4. The van der Waals surface area contributed by atoms with E-state index in [1.807, 2.05) is 12.5 Å². The molecule has 13 heteroatoms. The van der Waals surface area contributed by atoms with Crippen LogP contribution in [0, 0.1) is 5.92 Å². The van der Waals surface area contributed by atoms with Crippen LogP contribution >= 0.6 is 23.5 Å². The van der Waals surface area contributed by atoms with Crippen molar-refractivity contribution >= 4 is 47.2 Å². The van der Waals surface area contributed by atoms with Gasteiger partial charge >= 0.3 is 5.97 Å². The Labute approximate surface area is 208 Å². The molecule has 1 aromatic rings. The SMILES string of the molecule is CSCCC(NC(=O)C(NC(=O)C(CCSC)NC(=O)C(N)Cc1cnc[nH]1)C(C)C)C(=O)O. The van der Waals surface area contributed by atoms with Crippen molar-refractivity contribution < 1.29 is 24.3 Å². The molecule has 11 nitrogen and oxygen atoms in total. The molecule has 0 spiro atoms. The van der Waals surface area contributed by atoms with E-state index in [0.29, 0.717) is 23.6 Å². The topological polar surface area (TPSA) is 179 Å². The standard InChI is InChI=1S/C21H36N6O5S2/c1-12(2)17(20(30)26-16(21(31)32)6-8-34-4)27-19(29)15(5-7-33-3)25-18(28)14(22)9-13-10-23-11-24-13/h10-12,14-17H,5-9,22H2,1-4H3,(H,23,24)(H,25,28)(H,26,30)(H,27,29)(H,31,32). The number of carboxylic acids is 1. The monoisotopic (exact) mass is 516 g/mol. The summed E-state index contributed by atoms with van der Waals surface area (Å²) in [5.74, 6) is -1.88. The van der Waals surface area contributed by atoms with Gasteiger partial charge in [-0.1, -0.05) is 13.8 Å². The highest BCUT2D eigenvalue weighted by Crippen LogP contribution is 2.08. The van der Waals surface area contributed by atoms with Gasteiger partial charge in [0.05, 0.1) is 12.4 Å². The fraction of sp³-hybridized carbons (Fsp3) is 0.667. The Kier molecular flexibility index (Phi) is 13.7. The lowest BCUT2D eigenvalue weighted by atomic mass is 10.0. The summed E-state index contributed by atoms with van der Waals surface area (Å²) >= 11 is 2.99. The molecule has 0 aliphatic rings. The number of hydrogen-bond acceptors (Lipinski definition) is 8. The number of imidazole rings is 1. The molecule has 0 fully saturated rings. The van der Waals surface area contributed by atoms with Crippen molar-refractivity contribution in [1.82, 2.24) is 25.9 Å².